The Labute approximate surface area is 148 Å². The van der Waals surface area contributed by atoms with Gasteiger partial charge in [0, 0.05) is 31.1 Å². The molecule has 2 rings (SSSR count). The molecule has 0 bridgehead atoms. The standard InChI is InChI=1S/C18H25ClN2O3/c1-13(2)24-11-5-10-20-18(23)16-8-9-17(22)21(16)12-14-6-3-4-7-15(14)19/h3-4,6-7,13,16H,5,8-12H2,1-2H3,(H,20,23). The highest BCUT2D eigenvalue weighted by atomic mass is 35.5. The van der Waals surface area contributed by atoms with E-state index in [0.29, 0.717) is 37.6 Å². The second kappa shape index (κ2) is 9.04. The molecule has 0 radical (unpaired) electrons. The summed E-state index contributed by atoms with van der Waals surface area (Å²) in [6, 6.07) is 6.99. The predicted octanol–water partition coefficient (Wildman–Crippen LogP) is 2.76. The van der Waals surface area contributed by atoms with Crippen LogP contribution in [0.1, 0.15) is 38.7 Å². The maximum absolute atomic E-state index is 12.4. The Hall–Kier alpha value is -1.59. The molecule has 6 heteroatoms. The van der Waals surface area contributed by atoms with Gasteiger partial charge in [0.2, 0.25) is 11.8 Å². The maximum atomic E-state index is 12.4. The van der Waals surface area contributed by atoms with Crippen LogP contribution in [-0.2, 0) is 20.9 Å². The Bertz CT molecular complexity index is 577. The minimum Gasteiger partial charge on any atom is -0.379 e. The van der Waals surface area contributed by atoms with Crippen LogP contribution in [0, 0.1) is 0 Å². The third kappa shape index (κ3) is 5.21. The molecule has 1 aromatic rings. The van der Waals surface area contributed by atoms with Crippen LogP contribution in [0.3, 0.4) is 0 Å². The molecule has 24 heavy (non-hydrogen) atoms. The quantitative estimate of drug-likeness (QED) is 0.732. The van der Waals surface area contributed by atoms with E-state index in [0.717, 1.165) is 12.0 Å². The van der Waals surface area contributed by atoms with Gasteiger partial charge in [-0.1, -0.05) is 29.8 Å². The van der Waals surface area contributed by atoms with Gasteiger partial charge in [-0.15, -0.1) is 0 Å². The molecule has 132 valence electrons. The van der Waals surface area contributed by atoms with Crippen LogP contribution in [-0.4, -0.2) is 42.0 Å². The average molecular weight is 353 g/mol. The minimum absolute atomic E-state index is 0.00166. The van der Waals surface area contributed by atoms with E-state index < -0.39 is 6.04 Å². The Morgan fingerprint density at radius 3 is 2.88 bits per heavy atom. The van der Waals surface area contributed by atoms with E-state index in [1.54, 1.807) is 11.0 Å². The topological polar surface area (TPSA) is 58.6 Å². The molecule has 2 amide bonds. The SMILES string of the molecule is CC(C)OCCCNC(=O)C1CCC(=O)N1Cc1ccccc1Cl. The summed E-state index contributed by atoms with van der Waals surface area (Å²) in [5, 5.41) is 3.52. The fourth-order valence-electron chi connectivity index (χ4n) is 2.74. The number of nitrogens with zero attached hydrogens (tertiary/aromatic N) is 1. The van der Waals surface area contributed by atoms with Gasteiger partial charge in [-0.3, -0.25) is 9.59 Å². The van der Waals surface area contributed by atoms with Gasteiger partial charge in [0.1, 0.15) is 6.04 Å². The van der Waals surface area contributed by atoms with E-state index in [9.17, 15) is 9.59 Å². The zero-order valence-corrected chi connectivity index (χ0v) is 15.0. The number of benzene rings is 1. The molecule has 0 aromatic heterocycles. The molecule has 1 aliphatic heterocycles. The molecule has 1 unspecified atom stereocenters. The van der Waals surface area contributed by atoms with Crippen LogP contribution in [0.25, 0.3) is 0 Å². The number of halogens is 1. The summed E-state index contributed by atoms with van der Waals surface area (Å²) in [7, 11) is 0. The zero-order chi connectivity index (χ0) is 17.5. The Morgan fingerprint density at radius 1 is 1.42 bits per heavy atom. The smallest absolute Gasteiger partial charge is 0.242 e. The predicted molar refractivity (Wildman–Crippen MR) is 93.7 cm³/mol. The molecule has 0 aliphatic carbocycles. The minimum atomic E-state index is -0.417. The lowest BCUT2D eigenvalue weighted by molar-refractivity contribution is -0.135. The molecule has 1 heterocycles. The van der Waals surface area contributed by atoms with Crippen molar-refractivity contribution in [3.8, 4) is 0 Å². The summed E-state index contributed by atoms with van der Waals surface area (Å²) in [6.07, 6.45) is 1.91. The van der Waals surface area contributed by atoms with Crippen LogP contribution in [0.2, 0.25) is 5.02 Å². The van der Waals surface area contributed by atoms with Crippen LogP contribution in [0.15, 0.2) is 24.3 Å². The fraction of sp³-hybridized carbons (Fsp3) is 0.556. The van der Waals surface area contributed by atoms with E-state index in [1.807, 2.05) is 32.0 Å². The van der Waals surface area contributed by atoms with Gasteiger partial charge in [0.25, 0.3) is 0 Å². The third-order valence-electron chi connectivity index (χ3n) is 4.00. The van der Waals surface area contributed by atoms with Crippen molar-refractivity contribution in [1.82, 2.24) is 10.2 Å². The van der Waals surface area contributed by atoms with Crippen molar-refractivity contribution in [3.63, 3.8) is 0 Å². The average Bonchev–Trinajstić information content (AvgIpc) is 2.90. The van der Waals surface area contributed by atoms with Crippen molar-refractivity contribution in [2.24, 2.45) is 0 Å². The third-order valence-corrected chi connectivity index (χ3v) is 4.37. The first-order chi connectivity index (χ1) is 11.5. The van der Waals surface area contributed by atoms with Crippen LogP contribution in [0.4, 0.5) is 0 Å². The Balaban J connectivity index is 1.87. The molecular weight excluding hydrogens is 328 g/mol. The summed E-state index contributed by atoms with van der Waals surface area (Å²) >= 11 is 6.17. The van der Waals surface area contributed by atoms with Gasteiger partial charge in [0.15, 0.2) is 0 Å². The van der Waals surface area contributed by atoms with E-state index in [1.165, 1.54) is 0 Å². The number of nitrogens with one attached hydrogen (secondary N) is 1. The fourth-order valence-corrected chi connectivity index (χ4v) is 2.93. The number of hydrogen-bond acceptors (Lipinski definition) is 3. The summed E-state index contributed by atoms with van der Waals surface area (Å²) < 4.78 is 5.45. The molecule has 1 N–H and O–H groups in total. The second-order valence-electron chi connectivity index (χ2n) is 6.23. The number of ether oxygens (including phenoxy) is 1. The zero-order valence-electron chi connectivity index (χ0n) is 14.3. The summed E-state index contributed by atoms with van der Waals surface area (Å²) in [5.74, 6) is -0.101. The molecule has 1 aromatic carbocycles. The molecule has 0 spiro atoms. The van der Waals surface area contributed by atoms with Crippen molar-refractivity contribution in [1.29, 1.82) is 0 Å². The van der Waals surface area contributed by atoms with Crippen molar-refractivity contribution >= 4 is 23.4 Å². The van der Waals surface area contributed by atoms with Crippen molar-refractivity contribution in [2.75, 3.05) is 13.2 Å². The molecule has 1 fully saturated rings. The number of amides is 2. The summed E-state index contributed by atoms with van der Waals surface area (Å²) in [4.78, 5) is 26.2. The highest BCUT2D eigenvalue weighted by Gasteiger charge is 2.35. The summed E-state index contributed by atoms with van der Waals surface area (Å²) in [6.45, 7) is 5.50. The second-order valence-corrected chi connectivity index (χ2v) is 6.64. The molecule has 0 saturated carbocycles. The number of likely N-dealkylation sites (tertiary alicyclic amines) is 1. The number of rotatable bonds is 8. The monoisotopic (exact) mass is 352 g/mol. The first-order valence-corrected chi connectivity index (χ1v) is 8.79. The molecule has 5 nitrogen and oxygen atoms in total. The maximum Gasteiger partial charge on any atom is 0.242 e. The van der Waals surface area contributed by atoms with Gasteiger partial charge in [-0.25, -0.2) is 0 Å². The molecule has 1 saturated heterocycles. The first kappa shape index (κ1) is 18.7. The highest BCUT2D eigenvalue weighted by molar-refractivity contribution is 6.31. The number of carbonyl (C=O) groups is 2. The van der Waals surface area contributed by atoms with Gasteiger partial charge in [-0.05, 0) is 38.3 Å². The molecule has 1 aliphatic rings. The van der Waals surface area contributed by atoms with Gasteiger partial charge < -0.3 is 15.0 Å². The molecule has 1 atom stereocenters. The largest absolute Gasteiger partial charge is 0.379 e. The highest BCUT2D eigenvalue weighted by Crippen LogP contribution is 2.24. The number of carbonyl (C=O) groups excluding carboxylic acids is 2. The van der Waals surface area contributed by atoms with E-state index in [-0.39, 0.29) is 17.9 Å². The van der Waals surface area contributed by atoms with E-state index in [2.05, 4.69) is 5.32 Å². The van der Waals surface area contributed by atoms with Crippen molar-refractivity contribution in [2.45, 2.75) is 51.8 Å². The van der Waals surface area contributed by atoms with E-state index in [4.69, 9.17) is 16.3 Å². The normalized spacial score (nSPS) is 17.6. The number of hydrogen-bond donors (Lipinski definition) is 1. The van der Waals surface area contributed by atoms with Gasteiger partial charge >= 0.3 is 0 Å². The van der Waals surface area contributed by atoms with Crippen LogP contribution < -0.4 is 5.32 Å². The van der Waals surface area contributed by atoms with E-state index >= 15 is 0 Å². The lowest BCUT2D eigenvalue weighted by atomic mass is 10.1. The Kier molecular flexibility index (Phi) is 7.06. The van der Waals surface area contributed by atoms with Gasteiger partial charge in [-0.2, -0.15) is 0 Å². The Morgan fingerprint density at radius 2 is 2.17 bits per heavy atom. The van der Waals surface area contributed by atoms with Gasteiger partial charge in [0.05, 0.1) is 6.10 Å². The van der Waals surface area contributed by atoms with Crippen LogP contribution in [0.5, 0.6) is 0 Å². The lowest BCUT2D eigenvalue weighted by Gasteiger charge is -2.24. The molecular formula is C18H25ClN2O3. The lowest BCUT2D eigenvalue weighted by Crippen LogP contribution is -2.44. The van der Waals surface area contributed by atoms with Crippen LogP contribution >= 0.6 is 11.6 Å². The first-order valence-electron chi connectivity index (χ1n) is 8.41. The van der Waals surface area contributed by atoms with Crippen molar-refractivity contribution < 1.29 is 14.3 Å². The summed E-state index contributed by atoms with van der Waals surface area (Å²) in [5.41, 5.74) is 0.859. The van der Waals surface area contributed by atoms with Crippen molar-refractivity contribution in [3.05, 3.63) is 34.9 Å².